The van der Waals surface area contributed by atoms with Crippen molar-refractivity contribution in [1.82, 2.24) is 29.4 Å². The summed E-state index contributed by atoms with van der Waals surface area (Å²) in [5, 5.41) is 4.36. The first-order chi connectivity index (χ1) is 17.5. The second kappa shape index (κ2) is 9.44. The Kier molecular flexibility index (Phi) is 6.13. The molecule has 4 aromatic rings. The van der Waals surface area contributed by atoms with E-state index >= 15 is 4.39 Å². The highest BCUT2D eigenvalue weighted by Gasteiger charge is 2.24. The maximum atomic E-state index is 15.3. The van der Waals surface area contributed by atoms with E-state index in [4.69, 9.17) is 9.72 Å². The van der Waals surface area contributed by atoms with Gasteiger partial charge in [-0.15, -0.1) is 0 Å². The molecule has 1 aliphatic heterocycles. The monoisotopic (exact) mass is 491 g/mol. The summed E-state index contributed by atoms with van der Waals surface area (Å²) in [5.41, 5.74) is 3.75. The van der Waals surface area contributed by atoms with Crippen molar-refractivity contribution in [3.05, 3.63) is 36.2 Å². The molecule has 6 rings (SSSR count). The minimum atomic E-state index is -0.294. The zero-order valence-corrected chi connectivity index (χ0v) is 21.2. The van der Waals surface area contributed by atoms with E-state index in [2.05, 4.69) is 42.8 Å². The number of ether oxygens (including phenoxy) is 1. The maximum absolute atomic E-state index is 15.3. The Labute approximate surface area is 210 Å². The van der Waals surface area contributed by atoms with E-state index in [9.17, 15) is 0 Å². The summed E-state index contributed by atoms with van der Waals surface area (Å²) in [4.78, 5) is 19.5. The summed E-state index contributed by atoms with van der Waals surface area (Å²) in [5.74, 6) is 1.19. The van der Waals surface area contributed by atoms with Gasteiger partial charge in [0, 0.05) is 42.5 Å². The van der Waals surface area contributed by atoms with Gasteiger partial charge in [-0.2, -0.15) is 4.98 Å². The molecule has 0 atom stereocenters. The molecule has 1 aromatic carbocycles. The van der Waals surface area contributed by atoms with Gasteiger partial charge in [0.15, 0.2) is 5.82 Å². The fourth-order valence-electron chi connectivity index (χ4n) is 5.98. The highest BCUT2D eigenvalue weighted by atomic mass is 19.1. The summed E-state index contributed by atoms with van der Waals surface area (Å²) in [6, 6.07) is 4.33. The first-order valence-corrected chi connectivity index (χ1v) is 13.0. The lowest BCUT2D eigenvalue weighted by Crippen LogP contribution is -2.31. The van der Waals surface area contributed by atoms with E-state index in [1.165, 1.54) is 0 Å². The number of methoxy groups -OCH3 is 1. The molecule has 8 nitrogen and oxygen atoms in total. The minimum Gasteiger partial charge on any atom is -0.381 e. The number of benzene rings is 1. The van der Waals surface area contributed by atoms with Crippen LogP contribution in [-0.4, -0.2) is 68.8 Å². The highest BCUT2D eigenvalue weighted by Crippen LogP contribution is 2.35. The van der Waals surface area contributed by atoms with E-state index in [0.717, 1.165) is 85.1 Å². The second-order valence-electron chi connectivity index (χ2n) is 10.4. The quantitative estimate of drug-likeness (QED) is 0.406. The third kappa shape index (κ3) is 4.24. The molecule has 1 aliphatic carbocycles. The van der Waals surface area contributed by atoms with Crippen molar-refractivity contribution in [2.75, 3.05) is 32.6 Å². The Bertz CT molecular complexity index is 1380. The zero-order chi connectivity index (χ0) is 24.8. The average molecular weight is 492 g/mol. The number of fused-ring (bicyclic) bond motifs is 2. The van der Waals surface area contributed by atoms with E-state index in [1.54, 1.807) is 13.2 Å². The van der Waals surface area contributed by atoms with Crippen molar-refractivity contribution < 1.29 is 9.13 Å². The summed E-state index contributed by atoms with van der Waals surface area (Å²) < 4.78 is 23.0. The van der Waals surface area contributed by atoms with E-state index in [0.29, 0.717) is 29.7 Å². The topological polar surface area (TPSA) is 83.9 Å². The van der Waals surface area contributed by atoms with Crippen LogP contribution in [0, 0.1) is 12.7 Å². The number of nitrogens with zero attached hydrogens (tertiary/aromatic N) is 5. The molecular formula is C27H34FN7O. The molecule has 4 heterocycles. The van der Waals surface area contributed by atoms with Crippen LogP contribution in [-0.2, 0) is 4.74 Å². The molecule has 9 heteroatoms. The Morgan fingerprint density at radius 1 is 1.08 bits per heavy atom. The average Bonchev–Trinajstić information content (AvgIpc) is 3.45. The summed E-state index contributed by atoms with van der Waals surface area (Å²) in [6.45, 7) is 4.05. The number of hydrogen-bond acceptors (Lipinski definition) is 6. The van der Waals surface area contributed by atoms with Gasteiger partial charge in [0.25, 0.3) is 0 Å². The lowest BCUT2D eigenvalue weighted by molar-refractivity contribution is 0.0681. The molecule has 2 N–H and O–H groups in total. The summed E-state index contributed by atoms with van der Waals surface area (Å²) in [6.07, 6.45) is 10.3. The van der Waals surface area contributed by atoms with Crippen molar-refractivity contribution in [3.8, 4) is 11.1 Å². The molecule has 0 amide bonds. The van der Waals surface area contributed by atoms with Crippen LogP contribution < -0.4 is 5.32 Å². The van der Waals surface area contributed by atoms with Crippen LogP contribution >= 0.6 is 0 Å². The molecule has 0 radical (unpaired) electrons. The second-order valence-corrected chi connectivity index (χ2v) is 10.4. The van der Waals surface area contributed by atoms with Gasteiger partial charge < -0.3 is 24.5 Å². The fourth-order valence-corrected chi connectivity index (χ4v) is 5.98. The van der Waals surface area contributed by atoms with Crippen LogP contribution in [0.15, 0.2) is 24.5 Å². The van der Waals surface area contributed by atoms with Crippen molar-refractivity contribution in [1.29, 1.82) is 0 Å². The first-order valence-electron chi connectivity index (χ1n) is 13.0. The fraction of sp³-hybridized carbons (Fsp3) is 0.519. The largest absolute Gasteiger partial charge is 0.381 e. The van der Waals surface area contributed by atoms with Crippen molar-refractivity contribution in [3.63, 3.8) is 0 Å². The van der Waals surface area contributed by atoms with Crippen molar-refractivity contribution >= 4 is 28.0 Å². The predicted octanol–water partition coefficient (Wildman–Crippen LogP) is 5.06. The first kappa shape index (κ1) is 23.4. The predicted molar refractivity (Wildman–Crippen MR) is 140 cm³/mol. The molecule has 1 saturated carbocycles. The number of piperidine rings is 1. The van der Waals surface area contributed by atoms with Crippen molar-refractivity contribution in [2.45, 2.75) is 63.6 Å². The van der Waals surface area contributed by atoms with Gasteiger partial charge in [0.1, 0.15) is 17.0 Å². The number of aromatic amines is 1. The van der Waals surface area contributed by atoms with Crippen LogP contribution in [0.5, 0.6) is 0 Å². The molecule has 0 unspecified atom stereocenters. The van der Waals surface area contributed by atoms with E-state index < -0.39 is 0 Å². The molecule has 1 saturated heterocycles. The Morgan fingerprint density at radius 2 is 1.86 bits per heavy atom. The lowest BCUT2D eigenvalue weighted by atomic mass is 9.93. The van der Waals surface area contributed by atoms with Crippen LogP contribution in [0.2, 0.25) is 0 Å². The minimum absolute atomic E-state index is 0.294. The van der Waals surface area contributed by atoms with Crippen LogP contribution in [0.3, 0.4) is 0 Å². The molecule has 0 bridgehead atoms. The van der Waals surface area contributed by atoms with E-state index in [1.807, 2.05) is 19.3 Å². The van der Waals surface area contributed by atoms with Crippen LogP contribution in [0.25, 0.3) is 33.2 Å². The highest BCUT2D eigenvalue weighted by molar-refractivity contribution is 5.96. The molecule has 2 aliphatic rings. The number of anilines is 1. The Morgan fingerprint density at radius 3 is 2.61 bits per heavy atom. The van der Waals surface area contributed by atoms with E-state index in [-0.39, 0.29) is 5.82 Å². The standard InChI is InChI=1S/C27H34FN7O/c1-16-31-25-23(28)12-17(13-24(25)35(16)19-8-10-34(2)11-9-19)21-14-29-26-22(21)15-30-27(33-26)32-18-4-6-20(36-3)7-5-18/h12-15,18-20H,4-11H2,1-3H3,(H2,29,30,32,33)/t18-,20+. The number of H-pyrrole nitrogens is 1. The Balaban J connectivity index is 1.31. The molecule has 190 valence electrons. The van der Waals surface area contributed by atoms with Gasteiger partial charge in [-0.3, -0.25) is 0 Å². The van der Waals surface area contributed by atoms with Gasteiger partial charge in [-0.05, 0) is 83.3 Å². The van der Waals surface area contributed by atoms with Gasteiger partial charge >= 0.3 is 0 Å². The number of nitrogens with one attached hydrogen (secondary N) is 2. The summed E-state index contributed by atoms with van der Waals surface area (Å²) in [7, 11) is 3.93. The molecule has 36 heavy (non-hydrogen) atoms. The SMILES string of the molecule is CO[C@H]1CC[C@@H](Nc2ncc3c(-c4cc(F)c5nc(C)n(C6CCN(C)CC6)c5c4)c[nH]c3n2)CC1. The smallest absolute Gasteiger partial charge is 0.224 e. The lowest BCUT2D eigenvalue weighted by Gasteiger charge is -2.30. The number of rotatable bonds is 5. The van der Waals surface area contributed by atoms with Gasteiger partial charge in [0.05, 0.1) is 11.6 Å². The molecule has 3 aromatic heterocycles. The third-order valence-electron chi connectivity index (χ3n) is 8.06. The van der Waals surface area contributed by atoms with Gasteiger partial charge in [-0.25, -0.2) is 14.4 Å². The van der Waals surface area contributed by atoms with Crippen molar-refractivity contribution in [2.24, 2.45) is 0 Å². The van der Waals surface area contributed by atoms with Gasteiger partial charge in [-0.1, -0.05) is 0 Å². The normalized spacial score (nSPS) is 22.0. The maximum Gasteiger partial charge on any atom is 0.224 e. The van der Waals surface area contributed by atoms with Crippen LogP contribution in [0.4, 0.5) is 10.3 Å². The molecule has 0 spiro atoms. The number of aromatic nitrogens is 5. The molecular weight excluding hydrogens is 457 g/mol. The molecule has 2 fully saturated rings. The summed E-state index contributed by atoms with van der Waals surface area (Å²) >= 11 is 0. The number of halogens is 1. The number of imidazole rings is 1. The number of aryl methyl sites for hydroxylation is 1. The number of hydrogen-bond donors (Lipinski definition) is 2. The zero-order valence-electron chi connectivity index (χ0n) is 21.2. The van der Waals surface area contributed by atoms with Gasteiger partial charge in [0.2, 0.25) is 5.95 Å². The Hall–Kier alpha value is -3.04. The van der Waals surface area contributed by atoms with Crippen LogP contribution in [0.1, 0.15) is 50.4 Å². The third-order valence-corrected chi connectivity index (χ3v) is 8.06. The number of likely N-dealkylation sites (tertiary alicyclic amines) is 1.